The topological polar surface area (TPSA) is 79.8 Å². The van der Waals surface area contributed by atoms with Gasteiger partial charge in [-0.2, -0.15) is 0 Å². The predicted molar refractivity (Wildman–Crippen MR) is 121 cm³/mol. The van der Waals surface area contributed by atoms with Crippen LogP contribution in [0.4, 0.5) is 5.13 Å². The Balaban J connectivity index is 1.62. The van der Waals surface area contributed by atoms with Gasteiger partial charge in [0.1, 0.15) is 0 Å². The van der Waals surface area contributed by atoms with Gasteiger partial charge in [0.2, 0.25) is 5.56 Å². The molecule has 0 saturated heterocycles. The van der Waals surface area contributed by atoms with Crippen LogP contribution in [0.3, 0.4) is 0 Å². The van der Waals surface area contributed by atoms with Crippen molar-refractivity contribution in [1.82, 2.24) is 14.5 Å². The molecule has 0 atom stereocenters. The largest absolute Gasteiger partial charge is 0.328 e. The van der Waals surface area contributed by atoms with Crippen LogP contribution in [0.5, 0.6) is 0 Å². The van der Waals surface area contributed by atoms with Crippen LogP contribution in [0.25, 0.3) is 16.9 Å². The maximum atomic E-state index is 12.3. The number of H-pyrrole nitrogens is 1. The molecule has 0 aliphatic carbocycles. The van der Waals surface area contributed by atoms with E-state index in [4.69, 9.17) is 23.2 Å². The lowest BCUT2D eigenvalue weighted by molar-refractivity contribution is 0.102. The number of nitrogens with one attached hydrogen (secondary N) is 2. The number of aromatic nitrogens is 3. The molecule has 0 aliphatic heterocycles. The summed E-state index contributed by atoms with van der Waals surface area (Å²) >= 11 is 13.6. The molecule has 3 aromatic heterocycles. The summed E-state index contributed by atoms with van der Waals surface area (Å²) in [6.07, 6.45) is 1.37. The number of nitrogens with zero attached hydrogens (tertiary/aromatic N) is 2. The number of carbonyl (C=O) groups excluding carboxylic acids is 1. The lowest BCUT2D eigenvalue weighted by Gasteiger charge is -2.10. The number of benzene rings is 1. The first kappa shape index (κ1) is 20.4. The van der Waals surface area contributed by atoms with Crippen LogP contribution in [0.2, 0.25) is 10.0 Å². The zero-order chi connectivity index (χ0) is 21.4. The Bertz CT molecular complexity index is 1300. The molecule has 0 radical (unpaired) electrons. The summed E-state index contributed by atoms with van der Waals surface area (Å²) in [6.45, 7) is 4.01. The maximum absolute atomic E-state index is 12.3. The number of hydrogen-bond donors (Lipinski definition) is 2. The van der Waals surface area contributed by atoms with Gasteiger partial charge in [-0.25, -0.2) is 4.98 Å². The Kier molecular flexibility index (Phi) is 5.51. The van der Waals surface area contributed by atoms with Crippen molar-refractivity contribution >= 4 is 45.6 Å². The first-order chi connectivity index (χ1) is 14.3. The molecule has 9 heteroatoms. The molecule has 2 N–H and O–H groups in total. The van der Waals surface area contributed by atoms with Crippen molar-refractivity contribution < 1.29 is 4.79 Å². The van der Waals surface area contributed by atoms with Gasteiger partial charge in [-0.3, -0.25) is 14.9 Å². The van der Waals surface area contributed by atoms with E-state index in [-0.39, 0.29) is 11.5 Å². The van der Waals surface area contributed by atoms with E-state index in [2.05, 4.69) is 19.9 Å². The van der Waals surface area contributed by atoms with E-state index in [0.717, 1.165) is 28.3 Å². The highest BCUT2D eigenvalue weighted by molar-refractivity contribution is 7.14. The fourth-order valence-electron chi connectivity index (χ4n) is 3.22. The van der Waals surface area contributed by atoms with Crippen molar-refractivity contribution in [3.63, 3.8) is 0 Å². The zero-order valence-corrected chi connectivity index (χ0v) is 18.3. The Labute approximate surface area is 186 Å². The zero-order valence-electron chi connectivity index (χ0n) is 16.0. The summed E-state index contributed by atoms with van der Waals surface area (Å²) in [4.78, 5) is 30.5. The van der Waals surface area contributed by atoms with Gasteiger partial charge in [0.05, 0.1) is 21.3 Å². The third-order valence-corrected chi connectivity index (χ3v) is 6.14. The van der Waals surface area contributed by atoms with Crippen LogP contribution >= 0.6 is 34.5 Å². The van der Waals surface area contributed by atoms with Gasteiger partial charge in [0.15, 0.2) is 5.13 Å². The van der Waals surface area contributed by atoms with Crippen molar-refractivity contribution in [2.45, 2.75) is 13.8 Å². The molecule has 1 aromatic carbocycles. The summed E-state index contributed by atoms with van der Waals surface area (Å²) in [5, 5.41) is 6.12. The molecule has 0 fully saturated rings. The number of rotatable bonds is 4. The minimum Gasteiger partial charge on any atom is -0.328 e. The van der Waals surface area contributed by atoms with Crippen LogP contribution in [0, 0.1) is 13.8 Å². The summed E-state index contributed by atoms with van der Waals surface area (Å²) in [7, 11) is 0. The van der Waals surface area contributed by atoms with Crippen LogP contribution < -0.4 is 10.9 Å². The third-order valence-electron chi connectivity index (χ3n) is 4.64. The van der Waals surface area contributed by atoms with E-state index < -0.39 is 0 Å². The van der Waals surface area contributed by atoms with Gasteiger partial charge in [-0.05, 0) is 44.2 Å². The van der Waals surface area contributed by atoms with Crippen LogP contribution in [0.1, 0.15) is 21.7 Å². The normalized spacial score (nSPS) is 10.9. The molecular weight excluding hydrogens is 443 g/mol. The van der Waals surface area contributed by atoms with Gasteiger partial charge in [-0.1, -0.05) is 23.2 Å². The van der Waals surface area contributed by atoms with E-state index in [1.807, 2.05) is 37.4 Å². The Morgan fingerprint density at radius 1 is 1.13 bits per heavy atom. The molecule has 4 rings (SSSR count). The molecule has 4 aromatic rings. The molecule has 0 aliphatic rings. The molecule has 6 nitrogen and oxygen atoms in total. The number of aryl methyl sites for hydroxylation is 1. The van der Waals surface area contributed by atoms with Crippen molar-refractivity contribution in [3.8, 4) is 16.9 Å². The summed E-state index contributed by atoms with van der Waals surface area (Å²) in [5.41, 5.74) is 4.73. The highest BCUT2D eigenvalue weighted by Crippen LogP contribution is 2.33. The maximum Gasteiger partial charge on any atom is 0.258 e. The quantitative estimate of drug-likeness (QED) is 0.425. The molecule has 3 heterocycles. The number of pyridine rings is 1. The van der Waals surface area contributed by atoms with E-state index in [1.54, 1.807) is 6.07 Å². The SMILES string of the molecule is Cc1cc(-c2csc(NC(=O)c3ccc(=O)[nH]c3)n2)c(C)n1-c1ccc(Cl)c(Cl)c1. The average Bonchev–Trinajstić information content (AvgIpc) is 3.28. The average molecular weight is 459 g/mol. The molecule has 1 amide bonds. The van der Waals surface area contributed by atoms with Crippen molar-refractivity contribution in [2.24, 2.45) is 0 Å². The number of anilines is 1. The number of aromatic amines is 1. The van der Waals surface area contributed by atoms with Gasteiger partial charge in [0.25, 0.3) is 5.91 Å². The van der Waals surface area contributed by atoms with Crippen molar-refractivity contribution in [2.75, 3.05) is 5.32 Å². The third kappa shape index (κ3) is 3.92. The number of thiazole rings is 1. The molecule has 0 unspecified atom stereocenters. The highest BCUT2D eigenvalue weighted by Gasteiger charge is 2.16. The second-order valence-corrected chi connectivity index (χ2v) is 8.32. The van der Waals surface area contributed by atoms with E-state index >= 15 is 0 Å². The Morgan fingerprint density at radius 2 is 1.93 bits per heavy atom. The smallest absolute Gasteiger partial charge is 0.258 e. The Morgan fingerprint density at radius 3 is 2.63 bits per heavy atom. The fourth-order valence-corrected chi connectivity index (χ4v) is 4.22. The van der Waals surface area contributed by atoms with Gasteiger partial charge in [-0.15, -0.1) is 11.3 Å². The van der Waals surface area contributed by atoms with Crippen LogP contribution in [0.15, 0.2) is 52.8 Å². The first-order valence-corrected chi connectivity index (χ1v) is 10.6. The minimum atomic E-state index is -0.339. The molecule has 152 valence electrons. The van der Waals surface area contributed by atoms with Gasteiger partial charge in [0, 0.05) is 40.3 Å². The Hall–Kier alpha value is -2.87. The second-order valence-electron chi connectivity index (χ2n) is 6.65. The van der Waals surface area contributed by atoms with Gasteiger partial charge < -0.3 is 9.55 Å². The number of amides is 1. The van der Waals surface area contributed by atoms with E-state index in [9.17, 15) is 9.59 Å². The second kappa shape index (κ2) is 8.10. The summed E-state index contributed by atoms with van der Waals surface area (Å²) in [5.74, 6) is -0.339. The van der Waals surface area contributed by atoms with Crippen LogP contribution in [-0.4, -0.2) is 20.4 Å². The predicted octanol–water partition coefficient (Wildman–Crippen LogP) is 5.47. The van der Waals surface area contributed by atoms with Crippen molar-refractivity contribution in [1.29, 1.82) is 0 Å². The summed E-state index contributed by atoms with van der Waals surface area (Å²) < 4.78 is 2.08. The molecular formula is C21H16Cl2N4O2S. The highest BCUT2D eigenvalue weighted by atomic mass is 35.5. The fraction of sp³-hybridized carbons (Fsp3) is 0.0952. The van der Waals surface area contributed by atoms with E-state index in [1.165, 1.54) is 29.7 Å². The summed E-state index contributed by atoms with van der Waals surface area (Å²) in [6, 6.07) is 10.3. The lowest BCUT2D eigenvalue weighted by atomic mass is 10.2. The van der Waals surface area contributed by atoms with Crippen molar-refractivity contribution in [3.05, 3.63) is 85.3 Å². The van der Waals surface area contributed by atoms with Gasteiger partial charge >= 0.3 is 0 Å². The number of carbonyl (C=O) groups is 1. The first-order valence-electron chi connectivity index (χ1n) is 8.94. The minimum absolute atomic E-state index is 0.264. The number of halogens is 2. The standard InChI is InChI=1S/C21H16Cl2N4O2S/c1-11-7-15(12(2)27(11)14-4-5-16(22)17(23)8-14)18-10-30-21(25-18)26-20(29)13-3-6-19(28)24-9-13/h3-10H,1-2H3,(H,24,28)(H,25,26,29). The number of hydrogen-bond acceptors (Lipinski definition) is 4. The monoisotopic (exact) mass is 458 g/mol. The van der Waals surface area contributed by atoms with Crippen LogP contribution in [-0.2, 0) is 0 Å². The molecule has 30 heavy (non-hydrogen) atoms. The molecule has 0 spiro atoms. The molecule has 0 bridgehead atoms. The molecule has 0 saturated carbocycles. The van der Waals surface area contributed by atoms with E-state index in [0.29, 0.717) is 20.7 Å². The lowest BCUT2D eigenvalue weighted by Crippen LogP contribution is -2.14.